The zero-order valence-corrected chi connectivity index (χ0v) is 9.80. The van der Waals surface area contributed by atoms with Crippen LogP contribution >= 0.6 is 0 Å². The Balaban J connectivity index is 0. The summed E-state index contributed by atoms with van der Waals surface area (Å²) in [6.45, 7) is 0. The molecule has 1 aromatic rings. The fourth-order valence-corrected chi connectivity index (χ4v) is 1.48. The minimum atomic E-state index is -0.416. The van der Waals surface area contributed by atoms with E-state index in [0.29, 0.717) is 18.7 Å². The van der Waals surface area contributed by atoms with E-state index in [1.807, 2.05) is 6.29 Å². The molecule has 1 N–H and O–H groups in total. The Kier molecular flexibility index (Phi) is 7.78. The van der Waals surface area contributed by atoms with Crippen LogP contribution in [0.25, 0.3) is 0 Å². The standard InChI is InChI=1S/C8H7N2O2.CH4.Na.H2O/c11-5-6-1-2-7-9-4-3-8(12)10(6)7;;;/h3-4,6H,1-2H2;1H4;;1H2/q-1;;+1;/p-1/t6-;;;/m0.../s1. The molecule has 78 valence electrons. The molecule has 5 nitrogen and oxygen atoms in total. The van der Waals surface area contributed by atoms with Gasteiger partial charge < -0.3 is 14.8 Å². The summed E-state index contributed by atoms with van der Waals surface area (Å²) in [5, 5.41) is 0. The molecule has 0 bridgehead atoms. The molecule has 1 aliphatic rings. The maximum Gasteiger partial charge on any atom is 1.00 e. The van der Waals surface area contributed by atoms with Crippen LogP contribution in [0.3, 0.4) is 0 Å². The van der Waals surface area contributed by atoms with Crippen molar-refractivity contribution in [2.75, 3.05) is 0 Å². The molecule has 0 aliphatic carbocycles. The van der Waals surface area contributed by atoms with Crippen molar-refractivity contribution in [2.45, 2.75) is 26.3 Å². The van der Waals surface area contributed by atoms with Crippen LogP contribution in [-0.4, -0.2) is 21.3 Å². The van der Waals surface area contributed by atoms with E-state index in [4.69, 9.17) is 0 Å². The minimum absolute atomic E-state index is 0. The van der Waals surface area contributed by atoms with Crippen LogP contribution in [0.15, 0.2) is 17.1 Å². The molecule has 2 rings (SSSR count). The number of hydrogen-bond donors (Lipinski definition) is 0. The molecule has 0 saturated heterocycles. The summed E-state index contributed by atoms with van der Waals surface area (Å²) >= 11 is 0. The van der Waals surface area contributed by atoms with Crippen LogP contribution in [0.5, 0.6) is 0 Å². The van der Waals surface area contributed by atoms with Crippen molar-refractivity contribution in [3.8, 4) is 0 Å². The van der Waals surface area contributed by atoms with Crippen LogP contribution in [0.4, 0.5) is 0 Å². The number of aromatic nitrogens is 2. The van der Waals surface area contributed by atoms with E-state index >= 15 is 0 Å². The molecule has 2 heterocycles. The largest absolute Gasteiger partial charge is 1.00 e. The van der Waals surface area contributed by atoms with Crippen LogP contribution < -0.4 is 35.1 Å². The van der Waals surface area contributed by atoms with Crippen molar-refractivity contribution in [3.63, 3.8) is 0 Å². The van der Waals surface area contributed by atoms with E-state index in [-0.39, 0.29) is 48.0 Å². The number of aryl methyl sites for hydroxylation is 1. The maximum absolute atomic E-state index is 11.2. The van der Waals surface area contributed by atoms with E-state index in [1.54, 1.807) is 0 Å². The molecular formula is C9H12N2NaO3-. The molecule has 0 saturated carbocycles. The van der Waals surface area contributed by atoms with E-state index in [0.717, 1.165) is 0 Å². The number of rotatable bonds is 1. The maximum atomic E-state index is 11.2. The van der Waals surface area contributed by atoms with Gasteiger partial charge in [-0.1, -0.05) is 13.5 Å². The van der Waals surface area contributed by atoms with Gasteiger partial charge in [-0.05, 0) is 6.42 Å². The summed E-state index contributed by atoms with van der Waals surface area (Å²) < 4.78 is 1.41. The zero-order chi connectivity index (χ0) is 8.55. The van der Waals surface area contributed by atoms with Crippen molar-refractivity contribution in [1.29, 1.82) is 0 Å². The second-order valence-electron chi connectivity index (χ2n) is 2.74. The second-order valence-corrected chi connectivity index (χ2v) is 2.74. The molecule has 1 aromatic heterocycles. The Morgan fingerprint density at radius 1 is 1.53 bits per heavy atom. The quantitative estimate of drug-likeness (QED) is 0.380. The predicted molar refractivity (Wildman–Crippen MR) is 50.2 cm³/mol. The van der Waals surface area contributed by atoms with Gasteiger partial charge in [-0.3, -0.25) is 4.79 Å². The van der Waals surface area contributed by atoms with E-state index in [9.17, 15) is 9.59 Å². The van der Waals surface area contributed by atoms with E-state index < -0.39 is 6.04 Å². The molecule has 0 radical (unpaired) electrons. The second kappa shape index (κ2) is 6.90. The summed E-state index contributed by atoms with van der Waals surface area (Å²) in [4.78, 5) is 25.6. The molecule has 0 unspecified atom stereocenters. The summed E-state index contributed by atoms with van der Waals surface area (Å²) in [7, 11) is 0. The first-order chi connectivity index (χ1) is 5.83. The minimum Gasteiger partial charge on any atom is -0.870 e. The van der Waals surface area contributed by atoms with E-state index in [2.05, 4.69) is 4.98 Å². The zero-order valence-electron chi connectivity index (χ0n) is 7.80. The molecule has 0 fully saturated rings. The molecule has 6 heteroatoms. The summed E-state index contributed by atoms with van der Waals surface area (Å²) in [6.07, 6.45) is 4.65. The van der Waals surface area contributed by atoms with Gasteiger partial charge in [-0.15, -0.1) is 0 Å². The van der Waals surface area contributed by atoms with Crippen molar-refractivity contribution in [3.05, 3.63) is 28.4 Å². The van der Waals surface area contributed by atoms with Gasteiger partial charge in [0.2, 0.25) is 0 Å². The summed E-state index contributed by atoms with van der Waals surface area (Å²) in [6, 6.07) is 0.945. The van der Waals surface area contributed by atoms with Gasteiger partial charge in [0, 0.05) is 18.7 Å². The molecule has 1 aliphatic heterocycles. The Morgan fingerprint density at radius 2 is 2.20 bits per heavy atom. The van der Waals surface area contributed by atoms with Crippen molar-refractivity contribution >= 4 is 6.29 Å². The third kappa shape index (κ3) is 2.98. The fourth-order valence-electron chi connectivity index (χ4n) is 1.48. The van der Waals surface area contributed by atoms with Gasteiger partial charge >= 0.3 is 29.6 Å². The van der Waals surface area contributed by atoms with E-state index in [1.165, 1.54) is 16.8 Å². The van der Waals surface area contributed by atoms with Gasteiger partial charge in [-0.2, -0.15) is 0 Å². The van der Waals surface area contributed by atoms with Gasteiger partial charge in [-0.25, -0.2) is 11.3 Å². The fraction of sp³-hybridized carbons (Fsp3) is 0.444. The average Bonchev–Trinajstić information content (AvgIpc) is 2.49. The number of nitrogens with zero attached hydrogens (tertiary/aromatic N) is 2. The summed E-state index contributed by atoms with van der Waals surface area (Å²) in [5.41, 5.74) is -0.161. The summed E-state index contributed by atoms with van der Waals surface area (Å²) in [5.74, 6) is 0.691. The Morgan fingerprint density at radius 3 is 2.80 bits per heavy atom. The first-order valence-corrected chi connectivity index (χ1v) is 3.77. The third-order valence-electron chi connectivity index (χ3n) is 2.05. The SMILES string of the molecule is C.O=[C-][C@@H]1CCc2nccc(=O)n21.[Na+].[OH-]. The molecule has 1 atom stereocenters. The molecule has 0 amide bonds. The monoisotopic (exact) mass is 219 g/mol. The van der Waals surface area contributed by atoms with Gasteiger partial charge in [0.25, 0.3) is 5.56 Å². The molecule has 15 heavy (non-hydrogen) atoms. The number of fused-ring (bicyclic) bond motifs is 1. The van der Waals surface area contributed by atoms with Gasteiger partial charge in [0.05, 0.1) is 0 Å². The third-order valence-corrected chi connectivity index (χ3v) is 2.05. The Bertz CT molecular complexity index is 378. The topological polar surface area (TPSA) is 82.0 Å². The van der Waals surface area contributed by atoms with Crippen molar-refractivity contribution < 1.29 is 39.8 Å². The molecule has 0 aromatic carbocycles. The molecule has 0 spiro atoms. The number of carbonyl (C=O) groups excluding carboxylic acids is 1. The number of hydrogen-bond acceptors (Lipinski definition) is 4. The Labute approximate surface area is 110 Å². The normalized spacial score (nSPS) is 16.4. The average molecular weight is 219 g/mol. The smallest absolute Gasteiger partial charge is 0.870 e. The van der Waals surface area contributed by atoms with Crippen LogP contribution in [0, 0.1) is 0 Å². The van der Waals surface area contributed by atoms with Crippen LogP contribution in [0.2, 0.25) is 0 Å². The first kappa shape index (κ1) is 16.9. The first-order valence-electron chi connectivity index (χ1n) is 3.77. The molecular weight excluding hydrogens is 207 g/mol. The van der Waals surface area contributed by atoms with Crippen LogP contribution in [0.1, 0.15) is 25.7 Å². The van der Waals surface area contributed by atoms with Crippen molar-refractivity contribution in [2.24, 2.45) is 0 Å². The Hall–Kier alpha value is -0.490. The van der Waals surface area contributed by atoms with Gasteiger partial charge in [0.1, 0.15) is 5.82 Å². The van der Waals surface area contributed by atoms with Crippen LogP contribution in [-0.2, 0) is 11.2 Å². The van der Waals surface area contributed by atoms with Crippen molar-refractivity contribution in [1.82, 2.24) is 9.55 Å². The van der Waals surface area contributed by atoms with Gasteiger partial charge in [0.15, 0.2) is 0 Å². The predicted octanol–water partition coefficient (Wildman–Crippen LogP) is -2.70.